The number of aliphatic hydroxyl groups is 1. The second-order valence-electron chi connectivity index (χ2n) is 7.69. The van der Waals surface area contributed by atoms with Gasteiger partial charge >= 0.3 is 0 Å². The Hall–Kier alpha value is -2.74. The number of nitrogens with zero attached hydrogens (tertiary/aromatic N) is 2. The molecule has 0 aliphatic rings. The highest BCUT2D eigenvalue weighted by atomic mass is 19.3. The molecule has 0 amide bonds. The van der Waals surface area contributed by atoms with Crippen molar-refractivity contribution >= 4 is 10.9 Å². The molecule has 1 aromatic carbocycles. The molecule has 2 heterocycles. The summed E-state index contributed by atoms with van der Waals surface area (Å²) in [4.78, 5) is 3.92. The van der Waals surface area contributed by atoms with Crippen molar-refractivity contribution in [3.63, 3.8) is 0 Å². The van der Waals surface area contributed by atoms with Gasteiger partial charge in [-0.2, -0.15) is 4.73 Å². The maximum Gasteiger partial charge on any atom is 0.267 e. The van der Waals surface area contributed by atoms with Gasteiger partial charge < -0.3 is 15.4 Å². The molecular weight excluding hydrogens is 373 g/mol. The lowest BCUT2D eigenvalue weighted by Gasteiger charge is -2.36. The number of halogens is 3. The van der Waals surface area contributed by atoms with Gasteiger partial charge in [-0.1, -0.05) is 13.8 Å². The maximum absolute atomic E-state index is 13.9. The predicted octanol–water partition coefficient (Wildman–Crippen LogP) is 4.02. The highest BCUT2D eigenvalue weighted by Gasteiger charge is 2.44. The zero-order valence-electron chi connectivity index (χ0n) is 15.4. The fraction of sp³-hybridized carbons (Fsp3) is 0.350. The van der Waals surface area contributed by atoms with Gasteiger partial charge in [0.2, 0.25) is 0 Å². The lowest BCUT2D eigenvalue weighted by atomic mass is 9.73. The molecule has 0 spiro atoms. The third kappa shape index (κ3) is 3.64. The maximum atomic E-state index is 13.9. The van der Waals surface area contributed by atoms with E-state index in [-0.39, 0.29) is 17.0 Å². The van der Waals surface area contributed by atoms with Gasteiger partial charge in [-0.25, -0.2) is 13.2 Å². The van der Waals surface area contributed by atoms with E-state index >= 15 is 0 Å². The van der Waals surface area contributed by atoms with Gasteiger partial charge in [-0.15, -0.1) is 0 Å². The molecule has 1 unspecified atom stereocenters. The Kier molecular flexibility index (Phi) is 5.01. The topological polar surface area (TPSA) is 78.5 Å². The Morgan fingerprint density at radius 3 is 2.54 bits per heavy atom. The van der Waals surface area contributed by atoms with Gasteiger partial charge in [-0.05, 0) is 42.2 Å². The monoisotopic (exact) mass is 394 g/mol. The molecule has 3 N–H and O–H groups in total. The number of fused-ring (bicyclic) bond motifs is 1. The second kappa shape index (κ2) is 7.01. The van der Waals surface area contributed by atoms with E-state index in [1.165, 1.54) is 38.4 Å². The summed E-state index contributed by atoms with van der Waals surface area (Å²) in [5.41, 5.74) is -3.12. The first-order chi connectivity index (χ1) is 13.0. The number of benzene rings is 1. The molecule has 5 nitrogen and oxygen atoms in total. The Bertz CT molecular complexity index is 1000. The van der Waals surface area contributed by atoms with E-state index in [2.05, 4.69) is 4.98 Å². The number of rotatable bonds is 6. The van der Waals surface area contributed by atoms with E-state index in [1.807, 2.05) is 0 Å². The first-order valence-electron chi connectivity index (χ1n) is 8.67. The van der Waals surface area contributed by atoms with Crippen LogP contribution in [0.1, 0.15) is 31.5 Å². The molecule has 0 saturated carbocycles. The van der Waals surface area contributed by atoms with Crippen molar-refractivity contribution < 1.29 is 28.6 Å². The van der Waals surface area contributed by atoms with E-state index in [4.69, 9.17) is 0 Å². The van der Waals surface area contributed by atoms with Crippen LogP contribution in [0.4, 0.5) is 13.2 Å². The minimum atomic E-state index is -3.14. The van der Waals surface area contributed by atoms with Crippen LogP contribution in [0.25, 0.3) is 10.9 Å². The van der Waals surface area contributed by atoms with Crippen molar-refractivity contribution in [1.29, 1.82) is 0 Å². The van der Waals surface area contributed by atoms with Crippen LogP contribution < -0.4 is 0 Å². The summed E-state index contributed by atoms with van der Waals surface area (Å²) in [6.07, 6.45) is -1.24. The first kappa shape index (κ1) is 20.0. The van der Waals surface area contributed by atoms with Crippen molar-refractivity contribution in [2.24, 2.45) is 0 Å². The van der Waals surface area contributed by atoms with Crippen LogP contribution in [0, 0.1) is 5.82 Å². The van der Waals surface area contributed by atoms with E-state index in [1.54, 1.807) is 0 Å². The highest BCUT2D eigenvalue weighted by Crippen LogP contribution is 2.41. The minimum absolute atomic E-state index is 0.0880. The molecule has 1 atom stereocenters. The third-order valence-electron chi connectivity index (χ3n) is 4.98. The van der Waals surface area contributed by atoms with Gasteiger partial charge in [0.05, 0.1) is 11.2 Å². The van der Waals surface area contributed by atoms with Crippen molar-refractivity contribution in [2.75, 3.05) is 0 Å². The van der Waals surface area contributed by atoms with Crippen molar-refractivity contribution in [1.82, 2.24) is 9.71 Å². The zero-order chi connectivity index (χ0) is 20.7. The number of aromatic hydroxyl groups is 1. The normalized spacial score (nSPS) is 14.5. The van der Waals surface area contributed by atoms with Gasteiger partial charge in [0.25, 0.3) is 6.43 Å². The van der Waals surface area contributed by atoms with E-state index < -0.39 is 36.1 Å². The number of hydrogen-bond acceptors (Lipinski definition) is 4. The largest absolute Gasteiger partial charge is 0.508 e. The van der Waals surface area contributed by atoms with Crippen LogP contribution in [0.3, 0.4) is 0 Å². The standard InChI is InChI=1S/C20H21F3N2O3/c1-19(2,15-8-13(21)3-4-17(15)26)11-20(27,18(22)23)9-14-7-12-10-24-6-5-16(12)25(14)28/h3-8,10,18,26-28H,9,11H2,1-2H3. The van der Waals surface area contributed by atoms with Crippen molar-refractivity contribution in [3.05, 3.63) is 59.8 Å². The van der Waals surface area contributed by atoms with Gasteiger partial charge in [0.15, 0.2) is 0 Å². The molecule has 8 heteroatoms. The number of phenolic OH excluding ortho intramolecular Hbond substituents is 1. The third-order valence-corrected chi connectivity index (χ3v) is 4.98. The number of pyridine rings is 1. The fourth-order valence-electron chi connectivity index (χ4n) is 3.67. The zero-order valence-corrected chi connectivity index (χ0v) is 15.4. The first-order valence-corrected chi connectivity index (χ1v) is 8.67. The van der Waals surface area contributed by atoms with E-state index in [0.29, 0.717) is 10.9 Å². The summed E-state index contributed by atoms with van der Waals surface area (Å²) in [7, 11) is 0. The molecule has 0 aliphatic carbocycles. The van der Waals surface area contributed by atoms with Crippen LogP contribution in [0.2, 0.25) is 0 Å². The smallest absolute Gasteiger partial charge is 0.267 e. The van der Waals surface area contributed by atoms with Gasteiger partial charge in [-0.3, -0.25) is 4.98 Å². The Balaban J connectivity index is 1.97. The fourth-order valence-corrected chi connectivity index (χ4v) is 3.67. The average molecular weight is 394 g/mol. The van der Waals surface area contributed by atoms with Gasteiger partial charge in [0.1, 0.15) is 17.2 Å². The molecule has 3 rings (SSSR count). The van der Waals surface area contributed by atoms with Crippen molar-refractivity contribution in [3.8, 4) is 5.75 Å². The van der Waals surface area contributed by atoms with Crippen LogP contribution in [0.15, 0.2) is 42.7 Å². The van der Waals surface area contributed by atoms with E-state index in [0.717, 1.165) is 22.9 Å². The Morgan fingerprint density at radius 2 is 1.89 bits per heavy atom. The Labute approximate surface area is 159 Å². The summed E-state index contributed by atoms with van der Waals surface area (Å²) in [5, 5.41) is 31.6. The summed E-state index contributed by atoms with van der Waals surface area (Å²) < 4.78 is 42.2. The SMILES string of the molecule is CC(C)(CC(O)(Cc1cc2cnccc2n1O)C(F)F)c1cc(F)ccc1O. The highest BCUT2D eigenvalue weighted by molar-refractivity contribution is 5.79. The van der Waals surface area contributed by atoms with Crippen LogP contribution in [-0.4, -0.2) is 37.2 Å². The van der Waals surface area contributed by atoms with Crippen LogP contribution >= 0.6 is 0 Å². The summed E-state index contributed by atoms with van der Waals surface area (Å²) in [5.74, 6) is -0.866. The van der Waals surface area contributed by atoms with Crippen molar-refractivity contribution in [2.45, 2.75) is 44.1 Å². The van der Waals surface area contributed by atoms with E-state index in [9.17, 15) is 28.6 Å². The number of aromatic nitrogens is 2. The molecule has 0 radical (unpaired) electrons. The summed E-state index contributed by atoms with van der Waals surface area (Å²) in [6.45, 7) is 3.07. The molecule has 0 fully saturated rings. The molecule has 150 valence electrons. The lowest BCUT2D eigenvalue weighted by Crippen LogP contribution is -2.45. The number of alkyl halides is 2. The minimum Gasteiger partial charge on any atom is -0.508 e. The quantitative estimate of drug-likeness (QED) is 0.552. The number of hydrogen-bond donors (Lipinski definition) is 3. The van der Waals surface area contributed by atoms with Gasteiger partial charge in [0, 0.05) is 29.8 Å². The summed E-state index contributed by atoms with van der Waals surface area (Å²) >= 11 is 0. The van der Waals surface area contributed by atoms with Crippen LogP contribution in [-0.2, 0) is 11.8 Å². The second-order valence-corrected chi connectivity index (χ2v) is 7.69. The molecule has 3 aromatic rings. The molecule has 2 aromatic heterocycles. The Morgan fingerprint density at radius 1 is 1.18 bits per heavy atom. The average Bonchev–Trinajstić information content (AvgIpc) is 2.92. The molecule has 0 saturated heterocycles. The lowest BCUT2D eigenvalue weighted by molar-refractivity contribution is -0.112. The molecular formula is C20H21F3N2O3. The summed E-state index contributed by atoms with van der Waals surface area (Å²) in [6, 6.07) is 6.27. The van der Waals surface area contributed by atoms with Crippen LogP contribution in [0.5, 0.6) is 5.75 Å². The molecule has 0 aliphatic heterocycles. The number of phenols is 1. The predicted molar refractivity (Wildman–Crippen MR) is 97.3 cm³/mol. The molecule has 0 bridgehead atoms. The molecule has 28 heavy (non-hydrogen) atoms.